The monoisotopic (exact) mass is 758 g/mol. The molecule has 0 fully saturated rings. The first-order chi connectivity index (χ1) is 26.4. The summed E-state index contributed by atoms with van der Waals surface area (Å²) in [5.74, 6) is -1.35. The molecule has 0 amide bonds. The van der Waals surface area contributed by atoms with E-state index in [2.05, 4.69) is 35.3 Å². The molecule has 1 N–H and O–H groups in total. The van der Waals surface area contributed by atoms with Crippen LogP contribution in [-0.2, 0) is 34.0 Å². The Morgan fingerprint density at radius 1 is 1.00 bits per heavy atom. The molecule has 0 aliphatic heterocycles. The zero-order valence-corrected chi connectivity index (χ0v) is 29.7. The van der Waals surface area contributed by atoms with Crippen LogP contribution >= 0.6 is 0 Å². The molecule has 0 unspecified atom stereocenters. The van der Waals surface area contributed by atoms with Crippen LogP contribution in [0.3, 0.4) is 0 Å². The number of rotatable bonds is 18. The van der Waals surface area contributed by atoms with E-state index in [-0.39, 0.29) is 29.9 Å². The highest BCUT2D eigenvalue weighted by Crippen LogP contribution is 2.32. The quantitative estimate of drug-likeness (QED) is 0.0689. The van der Waals surface area contributed by atoms with Gasteiger partial charge in [0.2, 0.25) is 5.82 Å². The highest BCUT2D eigenvalue weighted by atomic mass is 17.0. The minimum atomic E-state index is -1.30. The van der Waals surface area contributed by atoms with E-state index in [1.807, 2.05) is 60.0 Å². The van der Waals surface area contributed by atoms with E-state index in [0.717, 1.165) is 22.3 Å². The molecule has 3 aromatic carbocycles. The van der Waals surface area contributed by atoms with Crippen molar-refractivity contribution >= 4 is 17.0 Å². The molecule has 20 nitrogen and oxygen atoms in total. The Labute approximate surface area is 310 Å². The number of aromatic nitrogens is 6. The van der Waals surface area contributed by atoms with Crippen LogP contribution in [0.25, 0.3) is 33.5 Å². The molecule has 3 heterocycles. The normalized spacial score (nSPS) is 12.0. The summed E-state index contributed by atoms with van der Waals surface area (Å²) < 4.78 is 23.6. The van der Waals surface area contributed by atoms with Crippen LogP contribution in [0.1, 0.15) is 54.6 Å². The summed E-state index contributed by atoms with van der Waals surface area (Å²) in [4.78, 5) is 60.4. The summed E-state index contributed by atoms with van der Waals surface area (Å²) in [5, 5.41) is 33.8. The Kier molecular flexibility index (Phi) is 11.1. The second kappa shape index (κ2) is 16.3. The number of fused-ring (bicyclic) bond motifs is 1. The van der Waals surface area contributed by atoms with Gasteiger partial charge in [0.15, 0.2) is 18.1 Å². The molecule has 0 spiro atoms. The van der Waals surface area contributed by atoms with Crippen molar-refractivity contribution in [1.82, 2.24) is 30.2 Å². The van der Waals surface area contributed by atoms with E-state index in [9.17, 15) is 29.8 Å². The standard InChI is InChI=1S/C35H34N8O12/c1-4-50-33-36-27-14-13-23(15-28(27)41(33)18-21-9-11-22(12-10-21)25-7-5-6-8-26(25)31-37-39-40-38-31)32(44)51-20-30-29(53-34(45)54-30)17-35(2,3)16-24(55-43(48)49)19-52-42(46)47/h5-15,24H,4,16-20H2,1-3H3,(H,37,38,39,40)/t24-/m0/s1. The maximum absolute atomic E-state index is 13.3. The van der Waals surface area contributed by atoms with Crippen LogP contribution in [0.2, 0.25) is 0 Å². The van der Waals surface area contributed by atoms with Crippen LogP contribution in [-0.4, -0.2) is 65.6 Å². The molecule has 0 bridgehead atoms. The lowest BCUT2D eigenvalue weighted by Gasteiger charge is -2.27. The first-order valence-electron chi connectivity index (χ1n) is 16.8. The van der Waals surface area contributed by atoms with E-state index in [0.29, 0.717) is 36.0 Å². The predicted octanol–water partition coefficient (Wildman–Crippen LogP) is 4.98. The van der Waals surface area contributed by atoms with Gasteiger partial charge in [-0.1, -0.05) is 62.4 Å². The number of aromatic amines is 1. The number of ether oxygens (including phenoxy) is 2. The molecule has 0 aliphatic carbocycles. The van der Waals surface area contributed by atoms with Crippen molar-refractivity contribution in [2.45, 2.75) is 52.9 Å². The first-order valence-corrected chi connectivity index (χ1v) is 16.8. The van der Waals surface area contributed by atoms with Gasteiger partial charge >= 0.3 is 11.8 Å². The number of nitrogens with zero attached hydrogens (tertiary/aromatic N) is 7. The Balaban J connectivity index is 1.17. The Hall–Kier alpha value is -7.12. The number of H-pyrrole nitrogens is 1. The van der Waals surface area contributed by atoms with Crippen LogP contribution in [0, 0.1) is 25.6 Å². The fraction of sp³-hybridized carbons (Fsp3) is 0.314. The zero-order chi connectivity index (χ0) is 39.1. The van der Waals surface area contributed by atoms with Crippen LogP contribution in [0.4, 0.5) is 0 Å². The topological polar surface area (TPSA) is 256 Å². The van der Waals surface area contributed by atoms with E-state index in [1.54, 1.807) is 32.0 Å². The summed E-state index contributed by atoms with van der Waals surface area (Å²) in [5.41, 5.74) is 4.13. The zero-order valence-electron chi connectivity index (χ0n) is 29.7. The summed E-state index contributed by atoms with van der Waals surface area (Å²) in [6, 6.07) is 20.9. The minimum Gasteiger partial charge on any atom is -0.465 e. The number of nitrogens with one attached hydrogen (secondary N) is 1. The number of hydrogen-bond donors (Lipinski definition) is 1. The third-order valence-electron chi connectivity index (χ3n) is 8.42. The maximum Gasteiger partial charge on any atom is 0.519 e. The maximum atomic E-state index is 13.3. The fourth-order valence-corrected chi connectivity index (χ4v) is 6.11. The number of carbonyl (C=O) groups is 1. The summed E-state index contributed by atoms with van der Waals surface area (Å²) >= 11 is 0. The van der Waals surface area contributed by atoms with Gasteiger partial charge in [0.1, 0.15) is 12.7 Å². The Bertz CT molecular complexity index is 2350. The van der Waals surface area contributed by atoms with E-state index in [1.165, 1.54) is 0 Å². The van der Waals surface area contributed by atoms with Gasteiger partial charge < -0.3 is 28.0 Å². The smallest absolute Gasteiger partial charge is 0.465 e. The molecule has 1 atom stereocenters. The largest absolute Gasteiger partial charge is 0.519 e. The molecule has 6 rings (SSSR count). The molecule has 286 valence electrons. The number of hydrogen-bond acceptors (Lipinski definition) is 16. The highest BCUT2D eigenvalue weighted by molar-refractivity contribution is 5.94. The predicted molar refractivity (Wildman–Crippen MR) is 188 cm³/mol. The summed E-state index contributed by atoms with van der Waals surface area (Å²) in [6.45, 7) is 4.72. The minimum absolute atomic E-state index is 0.0250. The van der Waals surface area contributed by atoms with Gasteiger partial charge in [-0.25, -0.2) is 9.59 Å². The van der Waals surface area contributed by atoms with Gasteiger partial charge in [0.05, 0.1) is 29.7 Å². The molecular weight excluding hydrogens is 724 g/mol. The van der Waals surface area contributed by atoms with E-state index >= 15 is 0 Å². The molecule has 0 saturated carbocycles. The summed E-state index contributed by atoms with van der Waals surface area (Å²) in [6.07, 6.45) is -1.43. The van der Waals surface area contributed by atoms with Gasteiger partial charge in [-0.15, -0.1) is 30.4 Å². The molecule has 6 aromatic rings. The number of tetrazole rings is 1. The van der Waals surface area contributed by atoms with Gasteiger partial charge in [-0.05, 0) is 58.9 Å². The number of esters is 1. The second-order valence-corrected chi connectivity index (χ2v) is 13.0. The molecule has 20 heteroatoms. The van der Waals surface area contributed by atoms with Crippen molar-refractivity contribution in [2.24, 2.45) is 5.41 Å². The van der Waals surface area contributed by atoms with Gasteiger partial charge in [0, 0.05) is 12.0 Å². The van der Waals surface area contributed by atoms with Crippen molar-refractivity contribution in [1.29, 1.82) is 0 Å². The van der Waals surface area contributed by atoms with Crippen LogP contribution in [0.5, 0.6) is 6.01 Å². The lowest BCUT2D eigenvalue weighted by molar-refractivity contribution is -0.790. The van der Waals surface area contributed by atoms with Gasteiger partial charge in [0.25, 0.3) is 16.2 Å². The Morgan fingerprint density at radius 3 is 2.44 bits per heavy atom. The highest BCUT2D eigenvalue weighted by Gasteiger charge is 2.31. The lowest BCUT2D eigenvalue weighted by atomic mass is 9.82. The SMILES string of the molecule is CCOc1nc2ccc(C(=O)OCc3oc(=O)oc3CC(C)(C)C[C@@H](CO[N+](=O)[O-])O[N+](=O)[O-])cc2n1Cc1ccc(-c2ccccc2-c2nn[nH]n2)cc1. The van der Waals surface area contributed by atoms with Crippen molar-refractivity contribution in [3.8, 4) is 28.5 Å². The van der Waals surface area contributed by atoms with Gasteiger partial charge in [-0.3, -0.25) is 4.57 Å². The molecule has 55 heavy (non-hydrogen) atoms. The van der Waals surface area contributed by atoms with Crippen LogP contribution in [0.15, 0.2) is 80.4 Å². The average molecular weight is 759 g/mol. The summed E-state index contributed by atoms with van der Waals surface area (Å²) in [7, 11) is 0. The molecule has 0 aliphatic rings. The number of imidazole rings is 1. The molecule has 0 saturated heterocycles. The second-order valence-electron chi connectivity index (χ2n) is 13.0. The fourth-order valence-electron chi connectivity index (χ4n) is 6.11. The average Bonchev–Trinajstić information content (AvgIpc) is 3.89. The molecule has 0 radical (unpaired) electrons. The van der Waals surface area contributed by atoms with E-state index in [4.69, 9.17) is 18.3 Å². The van der Waals surface area contributed by atoms with E-state index < -0.39 is 46.7 Å². The van der Waals surface area contributed by atoms with Crippen LogP contribution < -0.4 is 10.6 Å². The van der Waals surface area contributed by atoms with Gasteiger partial charge in [-0.2, -0.15) is 10.2 Å². The van der Waals surface area contributed by atoms with Crippen molar-refractivity contribution in [3.05, 3.63) is 120 Å². The van der Waals surface area contributed by atoms with Crippen molar-refractivity contribution in [3.63, 3.8) is 0 Å². The third-order valence-corrected chi connectivity index (χ3v) is 8.42. The van der Waals surface area contributed by atoms with Crippen molar-refractivity contribution in [2.75, 3.05) is 13.2 Å². The van der Waals surface area contributed by atoms with Crippen molar-refractivity contribution < 1.29 is 43.0 Å². The first kappa shape index (κ1) is 37.6. The molecular formula is C35H34N8O12. The Morgan fingerprint density at radius 2 is 1.75 bits per heavy atom. The molecule has 3 aromatic heterocycles. The number of benzene rings is 3. The lowest BCUT2D eigenvalue weighted by Crippen LogP contribution is -2.31. The number of carbonyl (C=O) groups excluding carboxylic acids is 1. The third kappa shape index (κ3) is 9.28.